The topological polar surface area (TPSA) is 55.4 Å². The Bertz CT molecular complexity index is 797. The lowest BCUT2D eigenvalue weighted by molar-refractivity contribution is -0.123. The maximum absolute atomic E-state index is 12.4. The molecular weight excluding hydrogens is 302 g/mol. The number of benzene rings is 2. The molecule has 3 rings (SSSR count). The van der Waals surface area contributed by atoms with Gasteiger partial charge in [-0.3, -0.25) is 4.79 Å². The fourth-order valence-corrected chi connectivity index (χ4v) is 3.14. The zero-order valence-electron chi connectivity index (χ0n) is 14.1. The predicted octanol–water partition coefficient (Wildman–Crippen LogP) is 3.78. The van der Waals surface area contributed by atoms with E-state index >= 15 is 0 Å². The fraction of sp³-hybridized carbons (Fsp3) is 0.300. The highest BCUT2D eigenvalue weighted by molar-refractivity contribution is 5.94. The minimum Gasteiger partial charge on any atom is -0.453 e. The summed E-state index contributed by atoms with van der Waals surface area (Å²) in [5.41, 5.74) is 4.75. The van der Waals surface area contributed by atoms with Gasteiger partial charge in [-0.15, -0.1) is 0 Å². The first-order valence-corrected chi connectivity index (χ1v) is 8.12. The molecule has 0 radical (unpaired) electrons. The van der Waals surface area contributed by atoms with E-state index in [1.165, 1.54) is 0 Å². The number of hydrogen-bond donors (Lipinski definition) is 1. The third-order valence-corrected chi connectivity index (χ3v) is 4.43. The number of nitrogens with one attached hydrogen (secondary N) is 1. The molecule has 0 unspecified atom stereocenters. The molecule has 1 heterocycles. The van der Waals surface area contributed by atoms with E-state index in [-0.39, 0.29) is 24.3 Å². The molecule has 2 aromatic rings. The second-order valence-electron chi connectivity index (χ2n) is 6.33. The van der Waals surface area contributed by atoms with Crippen molar-refractivity contribution in [3.8, 4) is 0 Å². The Morgan fingerprint density at radius 3 is 2.75 bits per heavy atom. The van der Waals surface area contributed by atoms with Gasteiger partial charge in [-0.25, -0.2) is 4.79 Å². The van der Waals surface area contributed by atoms with Crippen LogP contribution in [0, 0.1) is 13.8 Å². The van der Waals surface area contributed by atoms with Crippen molar-refractivity contribution in [2.45, 2.75) is 39.3 Å². The van der Waals surface area contributed by atoms with Crippen molar-refractivity contribution in [2.75, 3.05) is 0 Å². The van der Waals surface area contributed by atoms with Gasteiger partial charge in [0.05, 0.1) is 18.0 Å². The number of rotatable bonds is 4. The molecule has 0 fully saturated rings. The van der Waals surface area contributed by atoms with Crippen LogP contribution in [0.25, 0.3) is 0 Å². The van der Waals surface area contributed by atoms with Gasteiger partial charge in [-0.1, -0.05) is 42.0 Å². The lowest BCUT2D eigenvalue weighted by Crippen LogP contribution is -2.28. The van der Waals surface area contributed by atoms with E-state index in [1.807, 2.05) is 32.9 Å². The number of carbonyl (C=O) groups excluding carboxylic acids is 2. The molecule has 4 heteroatoms. The normalized spacial score (nSPS) is 17.1. The molecule has 0 spiro atoms. The summed E-state index contributed by atoms with van der Waals surface area (Å²) >= 11 is 0. The Morgan fingerprint density at radius 1 is 1.21 bits per heavy atom. The van der Waals surface area contributed by atoms with Crippen LogP contribution < -0.4 is 5.32 Å². The second kappa shape index (κ2) is 6.48. The third-order valence-electron chi connectivity index (χ3n) is 4.43. The molecular formula is C20H21NO3. The van der Waals surface area contributed by atoms with Crippen molar-refractivity contribution in [1.29, 1.82) is 0 Å². The minimum atomic E-state index is -0.500. The number of ether oxygens (including phenoxy) is 1. The van der Waals surface area contributed by atoms with Crippen molar-refractivity contribution in [3.05, 3.63) is 70.3 Å². The van der Waals surface area contributed by atoms with E-state index in [4.69, 9.17) is 4.74 Å². The highest BCUT2D eigenvalue weighted by Crippen LogP contribution is 2.32. The van der Waals surface area contributed by atoms with Crippen molar-refractivity contribution in [3.63, 3.8) is 0 Å². The molecule has 0 aromatic heterocycles. The first-order chi connectivity index (χ1) is 11.5. The van der Waals surface area contributed by atoms with E-state index in [0.717, 1.165) is 22.3 Å². The number of amides is 1. The SMILES string of the molecule is Cc1ccc(C)c([C@@H](C)NC(=O)C[C@H]2OC(=O)c3ccccc32)c1. The van der Waals surface area contributed by atoms with Gasteiger partial charge in [0.1, 0.15) is 6.10 Å². The Balaban J connectivity index is 1.68. The van der Waals surface area contributed by atoms with Gasteiger partial charge in [0.2, 0.25) is 5.91 Å². The summed E-state index contributed by atoms with van der Waals surface area (Å²) in [7, 11) is 0. The smallest absolute Gasteiger partial charge is 0.339 e. The first-order valence-electron chi connectivity index (χ1n) is 8.12. The largest absolute Gasteiger partial charge is 0.453 e. The number of cyclic esters (lactones) is 1. The van der Waals surface area contributed by atoms with Crippen LogP contribution >= 0.6 is 0 Å². The Hall–Kier alpha value is -2.62. The van der Waals surface area contributed by atoms with Gasteiger partial charge in [-0.05, 0) is 38.0 Å². The Labute approximate surface area is 141 Å². The van der Waals surface area contributed by atoms with Gasteiger partial charge in [0.25, 0.3) is 0 Å². The van der Waals surface area contributed by atoms with Gasteiger partial charge < -0.3 is 10.1 Å². The number of carbonyl (C=O) groups is 2. The quantitative estimate of drug-likeness (QED) is 0.871. The standard InChI is InChI=1S/C20H21NO3/c1-12-8-9-13(2)17(10-12)14(3)21-19(22)11-18-15-6-4-5-7-16(15)20(23)24-18/h4-10,14,18H,11H2,1-3H3,(H,21,22)/t14-,18-/m1/s1. The molecule has 24 heavy (non-hydrogen) atoms. The van der Waals surface area contributed by atoms with Crippen molar-refractivity contribution in [2.24, 2.45) is 0 Å². The van der Waals surface area contributed by atoms with Crippen molar-refractivity contribution in [1.82, 2.24) is 5.32 Å². The molecule has 0 bridgehead atoms. The van der Waals surface area contributed by atoms with Gasteiger partial charge in [0.15, 0.2) is 0 Å². The monoisotopic (exact) mass is 323 g/mol. The summed E-state index contributed by atoms with van der Waals surface area (Å²) in [6.07, 6.45) is -0.364. The lowest BCUT2D eigenvalue weighted by atomic mass is 9.99. The maximum atomic E-state index is 12.4. The van der Waals surface area contributed by atoms with Crippen LogP contribution in [0.1, 0.15) is 58.1 Å². The molecule has 1 aliphatic heterocycles. The zero-order chi connectivity index (χ0) is 17.3. The number of hydrogen-bond acceptors (Lipinski definition) is 3. The van der Waals surface area contributed by atoms with Crippen LogP contribution in [0.15, 0.2) is 42.5 Å². The summed E-state index contributed by atoms with van der Waals surface area (Å²) in [6.45, 7) is 6.03. The van der Waals surface area contributed by atoms with E-state index in [0.29, 0.717) is 5.56 Å². The fourth-order valence-electron chi connectivity index (χ4n) is 3.14. The summed E-state index contributed by atoms with van der Waals surface area (Å²) in [6, 6.07) is 13.3. The van der Waals surface area contributed by atoms with Crippen LogP contribution in [0.5, 0.6) is 0 Å². The highest BCUT2D eigenvalue weighted by Gasteiger charge is 2.32. The minimum absolute atomic E-state index is 0.0928. The number of aryl methyl sites for hydroxylation is 2. The average molecular weight is 323 g/mol. The lowest BCUT2D eigenvalue weighted by Gasteiger charge is -2.18. The number of fused-ring (bicyclic) bond motifs is 1. The van der Waals surface area contributed by atoms with Crippen LogP contribution in [0.4, 0.5) is 0 Å². The van der Waals surface area contributed by atoms with Crippen molar-refractivity contribution < 1.29 is 14.3 Å². The molecule has 124 valence electrons. The van der Waals surface area contributed by atoms with Crippen LogP contribution in [-0.4, -0.2) is 11.9 Å². The molecule has 2 atom stereocenters. The second-order valence-corrected chi connectivity index (χ2v) is 6.33. The summed E-state index contributed by atoms with van der Waals surface area (Å²) in [5, 5.41) is 3.01. The Morgan fingerprint density at radius 2 is 1.96 bits per heavy atom. The van der Waals surface area contributed by atoms with Crippen LogP contribution in [0.2, 0.25) is 0 Å². The summed E-state index contributed by atoms with van der Waals surface area (Å²) in [4.78, 5) is 24.2. The maximum Gasteiger partial charge on any atom is 0.339 e. The molecule has 4 nitrogen and oxygen atoms in total. The number of esters is 1. The zero-order valence-corrected chi connectivity index (χ0v) is 14.1. The Kier molecular flexibility index (Phi) is 4.38. The molecule has 1 aliphatic rings. The van der Waals surface area contributed by atoms with Crippen LogP contribution in [0.3, 0.4) is 0 Å². The first kappa shape index (κ1) is 16.2. The average Bonchev–Trinajstić information content (AvgIpc) is 2.86. The van der Waals surface area contributed by atoms with E-state index < -0.39 is 6.10 Å². The molecule has 1 N–H and O–H groups in total. The van der Waals surface area contributed by atoms with Crippen LogP contribution in [-0.2, 0) is 9.53 Å². The van der Waals surface area contributed by atoms with Crippen molar-refractivity contribution >= 4 is 11.9 Å². The van der Waals surface area contributed by atoms with Gasteiger partial charge in [-0.2, -0.15) is 0 Å². The van der Waals surface area contributed by atoms with E-state index in [1.54, 1.807) is 12.1 Å². The highest BCUT2D eigenvalue weighted by atomic mass is 16.5. The molecule has 2 aromatic carbocycles. The van der Waals surface area contributed by atoms with Gasteiger partial charge in [0, 0.05) is 5.56 Å². The predicted molar refractivity (Wildman–Crippen MR) is 91.7 cm³/mol. The van der Waals surface area contributed by atoms with E-state index in [9.17, 15) is 9.59 Å². The molecule has 0 saturated carbocycles. The summed E-state index contributed by atoms with van der Waals surface area (Å²) in [5.74, 6) is -0.483. The molecule has 0 saturated heterocycles. The molecule has 0 aliphatic carbocycles. The van der Waals surface area contributed by atoms with Gasteiger partial charge >= 0.3 is 5.97 Å². The third kappa shape index (κ3) is 3.18. The summed E-state index contributed by atoms with van der Waals surface area (Å²) < 4.78 is 5.33. The van der Waals surface area contributed by atoms with E-state index in [2.05, 4.69) is 23.5 Å². The molecule has 1 amide bonds.